The Morgan fingerprint density at radius 1 is 1.29 bits per heavy atom. The van der Waals surface area contributed by atoms with E-state index in [2.05, 4.69) is 5.10 Å². The van der Waals surface area contributed by atoms with Crippen LogP contribution in [-0.4, -0.2) is 41.0 Å². The first kappa shape index (κ1) is 15.6. The van der Waals surface area contributed by atoms with Crippen LogP contribution in [-0.2, 0) is 14.9 Å². The zero-order valence-corrected chi connectivity index (χ0v) is 12.4. The van der Waals surface area contributed by atoms with Crippen molar-refractivity contribution in [2.75, 3.05) is 5.01 Å². The molecule has 0 fully saturated rings. The molecule has 1 aliphatic heterocycles. The Kier molecular flexibility index (Phi) is 4.13. The van der Waals surface area contributed by atoms with Gasteiger partial charge in [-0.05, 0) is 26.0 Å². The molecule has 0 radical (unpaired) electrons. The maximum Gasteiger partial charge on any atom is 0.271 e. The molecule has 0 aliphatic carbocycles. The number of carbonyl (C=O) groups excluding carboxylic acids is 1. The number of amides is 1. The smallest absolute Gasteiger partial charge is 0.271 e. The average molecular weight is 312 g/mol. The SMILES string of the molecule is CC1=NN(c2ccccc2)C(=O)C1C(C(C)O)S(=O)(=O)O. The van der Waals surface area contributed by atoms with Crippen molar-refractivity contribution in [2.45, 2.75) is 25.2 Å². The van der Waals surface area contributed by atoms with Crippen LogP contribution in [0.5, 0.6) is 0 Å². The Balaban J connectivity index is 2.41. The van der Waals surface area contributed by atoms with E-state index in [1.807, 2.05) is 0 Å². The summed E-state index contributed by atoms with van der Waals surface area (Å²) in [5.74, 6) is -1.80. The van der Waals surface area contributed by atoms with Crippen molar-refractivity contribution >= 4 is 27.4 Å². The first-order valence-corrected chi connectivity index (χ1v) is 7.82. The van der Waals surface area contributed by atoms with E-state index in [0.717, 1.165) is 5.01 Å². The second kappa shape index (κ2) is 5.55. The topological polar surface area (TPSA) is 107 Å². The van der Waals surface area contributed by atoms with Crippen molar-refractivity contribution in [3.63, 3.8) is 0 Å². The van der Waals surface area contributed by atoms with Gasteiger partial charge >= 0.3 is 0 Å². The summed E-state index contributed by atoms with van der Waals surface area (Å²) in [6.07, 6.45) is -1.41. The monoisotopic (exact) mass is 312 g/mol. The predicted molar refractivity (Wildman–Crippen MR) is 77.5 cm³/mol. The van der Waals surface area contributed by atoms with Gasteiger partial charge in [-0.25, -0.2) is 5.01 Å². The minimum atomic E-state index is -4.60. The van der Waals surface area contributed by atoms with E-state index in [-0.39, 0.29) is 5.71 Å². The van der Waals surface area contributed by atoms with Crippen molar-refractivity contribution in [1.29, 1.82) is 0 Å². The molecule has 1 aromatic rings. The Labute approximate surface area is 122 Å². The number of hydrogen-bond donors (Lipinski definition) is 2. The second-order valence-corrected chi connectivity index (χ2v) is 6.50. The van der Waals surface area contributed by atoms with E-state index in [4.69, 9.17) is 0 Å². The molecule has 0 saturated carbocycles. The number of aliphatic hydroxyl groups excluding tert-OH is 1. The maximum absolute atomic E-state index is 12.4. The lowest BCUT2D eigenvalue weighted by Gasteiger charge is -2.22. The van der Waals surface area contributed by atoms with Crippen LogP contribution in [0.1, 0.15) is 13.8 Å². The van der Waals surface area contributed by atoms with Crippen molar-refractivity contribution in [3.05, 3.63) is 30.3 Å². The summed E-state index contributed by atoms with van der Waals surface area (Å²) in [7, 11) is -4.60. The number of aliphatic hydroxyl groups is 1. The van der Waals surface area contributed by atoms with Crippen LogP contribution in [0.15, 0.2) is 35.4 Å². The molecule has 0 spiro atoms. The highest BCUT2D eigenvalue weighted by Gasteiger charge is 2.47. The third kappa shape index (κ3) is 2.97. The molecule has 114 valence electrons. The average Bonchev–Trinajstić information content (AvgIpc) is 2.66. The molecule has 2 N–H and O–H groups in total. The molecule has 8 heteroatoms. The largest absolute Gasteiger partial charge is 0.392 e. The van der Waals surface area contributed by atoms with Gasteiger partial charge in [0.05, 0.1) is 11.8 Å². The van der Waals surface area contributed by atoms with Gasteiger partial charge in [0.2, 0.25) is 0 Å². The number of hydrazone groups is 1. The van der Waals surface area contributed by atoms with E-state index < -0.39 is 33.3 Å². The highest BCUT2D eigenvalue weighted by molar-refractivity contribution is 7.86. The van der Waals surface area contributed by atoms with E-state index in [0.29, 0.717) is 5.69 Å². The van der Waals surface area contributed by atoms with Gasteiger partial charge in [-0.3, -0.25) is 9.35 Å². The van der Waals surface area contributed by atoms with E-state index in [1.165, 1.54) is 13.8 Å². The summed E-state index contributed by atoms with van der Waals surface area (Å²) in [6.45, 7) is 2.70. The molecule has 0 bridgehead atoms. The van der Waals surface area contributed by atoms with E-state index >= 15 is 0 Å². The standard InChI is InChI=1S/C13H16N2O5S/c1-8-11(12(9(2)16)21(18,19)20)13(17)15(14-8)10-6-4-3-5-7-10/h3-7,9,11-12,16H,1-2H3,(H,18,19,20). The predicted octanol–water partition coefficient (Wildman–Crippen LogP) is 0.663. The minimum absolute atomic E-state index is 0.229. The number of anilines is 1. The third-order valence-electron chi connectivity index (χ3n) is 3.33. The first-order valence-electron chi connectivity index (χ1n) is 6.32. The van der Waals surface area contributed by atoms with Crippen molar-refractivity contribution in [2.24, 2.45) is 11.0 Å². The maximum atomic E-state index is 12.4. The molecule has 7 nitrogen and oxygen atoms in total. The van der Waals surface area contributed by atoms with Gasteiger partial charge in [0.1, 0.15) is 11.2 Å². The molecule has 1 amide bonds. The molecule has 2 rings (SSSR count). The fraction of sp³-hybridized carbons (Fsp3) is 0.385. The van der Waals surface area contributed by atoms with Gasteiger partial charge in [0.15, 0.2) is 0 Å². The zero-order chi connectivity index (χ0) is 15.8. The summed E-state index contributed by atoms with van der Waals surface area (Å²) in [5, 5.41) is 13.1. The Morgan fingerprint density at radius 3 is 2.33 bits per heavy atom. The highest BCUT2D eigenvalue weighted by Crippen LogP contribution is 2.29. The number of carbonyl (C=O) groups is 1. The zero-order valence-electron chi connectivity index (χ0n) is 11.5. The van der Waals surface area contributed by atoms with Crippen molar-refractivity contribution in [3.8, 4) is 0 Å². The van der Waals surface area contributed by atoms with Crippen LogP contribution in [0.3, 0.4) is 0 Å². The Morgan fingerprint density at radius 2 is 1.86 bits per heavy atom. The van der Waals surface area contributed by atoms with Crippen LogP contribution in [0, 0.1) is 5.92 Å². The molecule has 1 aliphatic rings. The summed E-state index contributed by atoms with van der Waals surface area (Å²) in [5.41, 5.74) is 0.719. The number of rotatable bonds is 4. The van der Waals surface area contributed by atoms with E-state index in [9.17, 15) is 22.9 Å². The Hall–Kier alpha value is -1.77. The highest BCUT2D eigenvalue weighted by atomic mass is 32.2. The molecule has 21 heavy (non-hydrogen) atoms. The summed E-state index contributed by atoms with van der Waals surface area (Å²) in [6, 6.07) is 8.52. The molecular weight excluding hydrogens is 296 g/mol. The van der Waals surface area contributed by atoms with Gasteiger partial charge in [-0.2, -0.15) is 13.5 Å². The molecule has 0 aromatic heterocycles. The molecule has 3 unspecified atom stereocenters. The van der Waals surface area contributed by atoms with Crippen LogP contribution < -0.4 is 5.01 Å². The van der Waals surface area contributed by atoms with Crippen LogP contribution in [0.25, 0.3) is 0 Å². The molecular formula is C13H16N2O5S. The fourth-order valence-corrected chi connectivity index (χ4v) is 3.57. The summed E-state index contributed by atoms with van der Waals surface area (Å²) >= 11 is 0. The quantitative estimate of drug-likeness (QED) is 0.794. The number of para-hydroxylation sites is 1. The van der Waals surface area contributed by atoms with Gasteiger partial charge in [0.25, 0.3) is 16.0 Å². The molecule has 3 atom stereocenters. The van der Waals surface area contributed by atoms with Gasteiger partial charge < -0.3 is 5.11 Å². The van der Waals surface area contributed by atoms with Gasteiger partial charge in [0, 0.05) is 5.71 Å². The Bertz CT molecular complexity index is 669. The van der Waals surface area contributed by atoms with Crippen LogP contribution >= 0.6 is 0 Å². The number of benzene rings is 1. The molecule has 0 saturated heterocycles. The lowest BCUT2D eigenvalue weighted by atomic mass is 9.97. The lowest BCUT2D eigenvalue weighted by molar-refractivity contribution is -0.120. The number of hydrogen-bond acceptors (Lipinski definition) is 5. The van der Waals surface area contributed by atoms with Crippen LogP contribution in [0.4, 0.5) is 5.69 Å². The minimum Gasteiger partial charge on any atom is -0.392 e. The first-order chi connectivity index (χ1) is 9.73. The molecule has 1 aromatic carbocycles. The van der Waals surface area contributed by atoms with Gasteiger partial charge in [-0.1, -0.05) is 18.2 Å². The van der Waals surface area contributed by atoms with Crippen molar-refractivity contribution < 1.29 is 22.9 Å². The van der Waals surface area contributed by atoms with Crippen LogP contribution in [0.2, 0.25) is 0 Å². The summed E-state index contributed by atoms with van der Waals surface area (Å²) in [4.78, 5) is 12.4. The summed E-state index contributed by atoms with van der Waals surface area (Å²) < 4.78 is 32.2. The lowest BCUT2D eigenvalue weighted by Crippen LogP contribution is -2.45. The number of nitrogens with zero attached hydrogens (tertiary/aromatic N) is 2. The second-order valence-electron chi connectivity index (χ2n) is 4.92. The normalized spacial score (nSPS) is 22.1. The van der Waals surface area contributed by atoms with E-state index in [1.54, 1.807) is 30.3 Å². The fourth-order valence-electron chi connectivity index (χ4n) is 2.41. The molecule has 1 heterocycles. The third-order valence-corrected chi connectivity index (χ3v) is 4.69. The van der Waals surface area contributed by atoms with Crippen molar-refractivity contribution in [1.82, 2.24) is 0 Å². The van der Waals surface area contributed by atoms with Gasteiger partial charge in [-0.15, -0.1) is 0 Å².